The third-order valence-corrected chi connectivity index (χ3v) is 6.23. The Balaban J connectivity index is 0.00000481. The van der Waals surface area contributed by atoms with Crippen molar-refractivity contribution in [2.75, 3.05) is 26.7 Å². The third kappa shape index (κ3) is 6.95. The minimum atomic E-state index is -5.01. The van der Waals surface area contributed by atoms with Crippen LogP contribution < -0.4 is 5.32 Å². The maximum Gasteiger partial charge on any atom is 0.416 e. The van der Waals surface area contributed by atoms with Crippen LogP contribution in [0.15, 0.2) is 49.1 Å². The monoisotopic (exact) mass is 553 g/mol. The highest BCUT2D eigenvalue weighted by atomic mass is 35.5. The Morgan fingerprint density at radius 2 is 1.73 bits per heavy atom. The number of carbonyl (C=O) groups excluding carboxylic acids is 1. The first-order valence-corrected chi connectivity index (χ1v) is 11.1. The van der Waals surface area contributed by atoms with Crippen LogP contribution in [-0.2, 0) is 12.4 Å². The normalized spacial score (nSPS) is 17.1. The van der Waals surface area contributed by atoms with Crippen LogP contribution in [0.2, 0.25) is 0 Å². The van der Waals surface area contributed by atoms with E-state index >= 15 is 0 Å². The lowest BCUT2D eigenvalue weighted by Gasteiger charge is -2.41. The van der Waals surface area contributed by atoms with Crippen LogP contribution in [0, 0.1) is 12.7 Å². The van der Waals surface area contributed by atoms with Crippen molar-refractivity contribution in [2.24, 2.45) is 0 Å². The van der Waals surface area contributed by atoms with Crippen molar-refractivity contribution in [1.29, 1.82) is 0 Å². The van der Waals surface area contributed by atoms with Crippen molar-refractivity contribution in [2.45, 2.75) is 37.8 Å². The zero-order valence-electron chi connectivity index (χ0n) is 20.1. The summed E-state index contributed by atoms with van der Waals surface area (Å²) >= 11 is 0. The van der Waals surface area contributed by atoms with Gasteiger partial charge in [-0.05, 0) is 60.4 Å². The van der Waals surface area contributed by atoms with Crippen molar-refractivity contribution in [3.63, 3.8) is 0 Å². The molecule has 1 aliphatic rings. The van der Waals surface area contributed by atoms with E-state index in [1.165, 1.54) is 30.2 Å². The van der Waals surface area contributed by atoms with Crippen molar-refractivity contribution in [3.05, 3.63) is 82.7 Å². The largest absolute Gasteiger partial charge is 0.416 e. The van der Waals surface area contributed by atoms with E-state index in [2.05, 4.69) is 11.9 Å². The first kappa shape index (κ1) is 30.4. The minimum Gasteiger partial charge on any atom is -0.320 e. The molecule has 3 rings (SSSR count). The molecule has 0 radical (unpaired) electrons. The SMILES string of the molecule is C=CCC(c1cc(C(F)(F)F)cc(C(F)(F)F)c1)N(C)C(=O)N1CCNCC1c1ccc(F)cc1C.Cl. The smallest absolute Gasteiger partial charge is 0.320 e. The number of halogens is 8. The van der Waals surface area contributed by atoms with Crippen LogP contribution in [0.1, 0.15) is 46.3 Å². The van der Waals surface area contributed by atoms with Gasteiger partial charge in [0, 0.05) is 26.7 Å². The number of rotatable bonds is 5. The van der Waals surface area contributed by atoms with Gasteiger partial charge in [-0.3, -0.25) is 0 Å². The van der Waals surface area contributed by atoms with Crippen molar-refractivity contribution in [1.82, 2.24) is 15.1 Å². The molecule has 1 saturated heterocycles. The van der Waals surface area contributed by atoms with Crippen LogP contribution in [0.25, 0.3) is 0 Å². The topological polar surface area (TPSA) is 35.6 Å². The number of urea groups is 1. The summed E-state index contributed by atoms with van der Waals surface area (Å²) in [7, 11) is 1.33. The molecule has 0 aromatic heterocycles. The number of alkyl halides is 6. The second-order valence-electron chi connectivity index (χ2n) is 8.69. The Bertz CT molecular complexity index is 1090. The molecule has 2 amide bonds. The van der Waals surface area contributed by atoms with E-state index in [0.717, 1.165) is 4.90 Å². The van der Waals surface area contributed by atoms with E-state index < -0.39 is 47.4 Å². The summed E-state index contributed by atoms with van der Waals surface area (Å²) in [4.78, 5) is 16.2. The highest BCUT2D eigenvalue weighted by Crippen LogP contribution is 2.39. The maximum atomic E-state index is 13.6. The van der Waals surface area contributed by atoms with E-state index in [4.69, 9.17) is 0 Å². The molecule has 37 heavy (non-hydrogen) atoms. The number of carbonyl (C=O) groups is 1. The van der Waals surface area contributed by atoms with Crippen LogP contribution in [0.5, 0.6) is 0 Å². The van der Waals surface area contributed by atoms with E-state index in [0.29, 0.717) is 36.3 Å². The maximum absolute atomic E-state index is 13.6. The molecule has 0 bridgehead atoms. The molecule has 1 fully saturated rings. The predicted molar refractivity (Wildman–Crippen MR) is 128 cm³/mol. The predicted octanol–water partition coefficient (Wildman–Crippen LogP) is 6.91. The van der Waals surface area contributed by atoms with Gasteiger partial charge in [0.15, 0.2) is 0 Å². The molecule has 0 saturated carbocycles. The lowest BCUT2D eigenvalue weighted by atomic mass is 9.96. The Morgan fingerprint density at radius 1 is 1.14 bits per heavy atom. The van der Waals surface area contributed by atoms with Crippen LogP contribution in [-0.4, -0.2) is 42.5 Å². The summed E-state index contributed by atoms with van der Waals surface area (Å²) in [5.74, 6) is -0.439. The molecule has 4 nitrogen and oxygen atoms in total. The standard InChI is InChI=1S/C25H26F7N3O.ClH/c1-4-5-21(16-11-17(24(27,28)29)13-18(12-16)25(30,31)32)34(3)23(36)35-9-8-33-14-22(35)20-7-6-19(26)10-15(20)2;/h4,6-7,10-13,21-22,33H,1,5,8-9,14H2,2-3H3;1H. The van der Waals surface area contributed by atoms with Gasteiger partial charge in [0.1, 0.15) is 5.82 Å². The summed E-state index contributed by atoms with van der Waals surface area (Å²) in [6, 6.07) is 3.26. The average molecular weight is 554 g/mol. The molecule has 0 spiro atoms. The molecule has 1 N–H and O–H groups in total. The van der Waals surface area contributed by atoms with Crippen LogP contribution >= 0.6 is 12.4 Å². The average Bonchev–Trinajstić information content (AvgIpc) is 2.80. The van der Waals surface area contributed by atoms with Gasteiger partial charge >= 0.3 is 18.4 Å². The number of piperazine rings is 1. The van der Waals surface area contributed by atoms with Gasteiger partial charge in [0.2, 0.25) is 0 Å². The second-order valence-corrected chi connectivity index (χ2v) is 8.69. The number of nitrogens with one attached hydrogen (secondary N) is 1. The van der Waals surface area contributed by atoms with Crippen molar-refractivity contribution in [3.8, 4) is 0 Å². The number of benzene rings is 2. The Labute approximate surface area is 216 Å². The Morgan fingerprint density at radius 3 is 2.24 bits per heavy atom. The molecule has 2 aromatic rings. The van der Waals surface area contributed by atoms with Crippen LogP contribution in [0.3, 0.4) is 0 Å². The molecule has 204 valence electrons. The molecule has 0 aliphatic carbocycles. The molecule has 2 aromatic carbocycles. The van der Waals surface area contributed by atoms with Crippen LogP contribution in [0.4, 0.5) is 35.5 Å². The fourth-order valence-electron chi connectivity index (χ4n) is 4.41. The summed E-state index contributed by atoms with van der Waals surface area (Å²) < 4.78 is 94.2. The summed E-state index contributed by atoms with van der Waals surface area (Å²) in [6.45, 7) is 6.28. The highest BCUT2D eigenvalue weighted by Gasteiger charge is 2.39. The van der Waals surface area contributed by atoms with Gasteiger partial charge in [0.05, 0.1) is 23.2 Å². The highest BCUT2D eigenvalue weighted by molar-refractivity contribution is 5.85. The summed E-state index contributed by atoms with van der Waals surface area (Å²) in [5, 5.41) is 3.16. The molecule has 2 atom stereocenters. The number of aryl methyl sites for hydroxylation is 1. The fourth-order valence-corrected chi connectivity index (χ4v) is 4.41. The lowest BCUT2D eigenvalue weighted by Crippen LogP contribution is -2.53. The molecule has 1 heterocycles. The number of hydrogen-bond donors (Lipinski definition) is 1. The molecular formula is C25H27ClF7N3O. The van der Waals surface area contributed by atoms with Gasteiger partial charge in [-0.1, -0.05) is 12.1 Å². The van der Waals surface area contributed by atoms with Gasteiger partial charge < -0.3 is 15.1 Å². The molecule has 1 aliphatic heterocycles. The zero-order valence-corrected chi connectivity index (χ0v) is 20.9. The second kappa shape index (κ2) is 11.7. The zero-order chi connectivity index (χ0) is 26.8. The molecule has 12 heteroatoms. The fraction of sp³-hybridized carbons (Fsp3) is 0.400. The number of hydrogen-bond acceptors (Lipinski definition) is 2. The summed E-state index contributed by atoms with van der Waals surface area (Å²) in [6.07, 6.45) is -8.77. The Hall–Kier alpha value is -2.79. The number of nitrogens with zero attached hydrogens (tertiary/aromatic N) is 2. The van der Waals surface area contributed by atoms with E-state index in [1.54, 1.807) is 13.0 Å². The van der Waals surface area contributed by atoms with Crippen molar-refractivity contribution >= 4 is 18.4 Å². The van der Waals surface area contributed by atoms with Gasteiger partial charge in [-0.15, -0.1) is 19.0 Å². The van der Waals surface area contributed by atoms with Gasteiger partial charge in [-0.25, -0.2) is 9.18 Å². The number of amides is 2. The first-order valence-electron chi connectivity index (χ1n) is 11.1. The van der Waals surface area contributed by atoms with E-state index in [-0.39, 0.29) is 37.0 Å². The van der Waals surface area contributed by atoms with E-state index in [9.17, 15) is 35.5 Å². The van der Waals surface area contributed by atoms with Gasteiger partial charge in [-0.2, -0.15) is 26.3 Å². The summed E-state index contributed by atoms with van der Waals surface area (Å²) in [5.41, 5.74) is -1.92. The minimum absolute atomic E-state index is 0. The Kier molecular flexibility index (Phi) is 9.64. The lowest BCUT2D eigenvalue weighted by molar-refractivity contribution is -0.143. The molecular weight excluding hydrogens is 527 g/mol. The van der Waals surface area contributed by atoms with Crippen molar-refractivity contribution < 1.29 is 35.5 Å². The third-order valence-electron chi connectivity index (χ3n) is 6.23. The first-order chi connectivity index (χ1) is 16.7. The quantitative estimate of drug-likeness (QED) is 0.323. The van der Waals surface area contributed by atoms with Gasteiger partial charge in [0.25, 0.3) is 0 Å². The van der Waals surface area contributed by atoms with E-state index in [1.807, 2.05) is 0 Å². The molecule has 2 unspecified atom stereocenters.